The Labute approximate surface area is 147 Å². The molecule has 0 aliphatic heterocycles. The number of hydrogen-bond acceptors (Lipinski definition) is 3. The molecule has 0 fully saturated rings. The van der Waals surface area contributed by atoms with Crippen molar-refractivity contribution in [3.8, 4) is 6.07 Å². The smallest absolute Gasteiger partial charge is 0.255 e. The van der Waals surface area contributed by atoms with E-state index in [1.54, 1.807) is 11.0 Å². The quantitative estimate of drug-likeness (QED) is 0.715. The van der Waals surface area contributed by atoms with Crippen molar-refractivity contribution < 1.29 is 4.79 Å². The molecule has 2 rings (SSSR count). The summed E-state index contributed by atoms with van der Waals surface area (Å²) in [5.41, 5.74) is 2.21. The number of carbonyl (C=O) groups excluding carboxylic acids is 1. The number of hydrogen-bond donors (Lipinski definition) is 0. The maximum atomic E-state index is 12.9. The molecule has 2 aromatic carbocycles. The van der Waals surface area contributed by atoms with Gasteiger partial charge in [0.1, 0.15) is 6.07 Å². The second-order valence-corrected chi connectivity index (χ2v) is 6.57. The van der Waals surface area contributed by atoms with Crippen LogP contribution in [-0.2, 0) is 0 Å². The predicted octanol–water partition coefficient (Wildman–Crippen LogP) is 4.75. The summed E-state index contributed by atoms with van der Waals surface area (Å²) in [6.45, 7) is 8.94. The van der Waals surface area contributed by atoms with Crippen LogP contribution in [0.2, 0.25) is 0 Å². The monoisotopic (exact) mass is 336 g/mol. The molecule has 0 radical (unpaired) electrons. The third-order valence-electron chi connectivity index (χ3n) is 3.47. The third-order valence-corrected chi connectivity index (χ3v) is 4.63. The van der Waals surface area contributed by atoms with Gasteiger partial charge in [0.25, 0.3) is 5.91 Å². The Balaban J connectivity index is 2.35. The van der Waals surface area contributed by atoms with Crippen molar-refractivity contribution in [3.05, 3.63) is 71.8 Å². The lowest BCUT2D eigenvalue weighted by molar-refractivity contribution is 0.0775. The molecule has 0 bridgehead atoms. The number of benzene rings is 2. The Morgan fingerprint density at radius 2 is 1.79 bits per heavy atom. The van der Waals surface area contributed by atoms with Crippen molar-refractivity contribution in [2.75, 3.05) is 13.1 Å². The summed E-state index contributed by atoms with van der Waals surface area (Å²) in [6, 6.07) is 17.1. The van der Waals surface area contributed by atoms with Gasteiger partial charge in [0.05, 0.1) is 11.1 Å². The predicted molar refractivity (Wildman–Crippen MR) is 98.1 cm³/mol. The van der Waals surface area contributed by atoms with Crippen LogP contribution >= 0.6 is 11.8 Å². The lowest BCUT2D eigenvalue weighted by atomic mass is 10.2. The lowest BCUT2D eigenvalue weighted by Crippen LogP contribution is -2.32. The number of nitriles is 1. The molecule has 0 saturated carbocycles. The fourth-order valence-electron chi connectivity index (χ4n) is 2.32. The molecule has 0 heterocycles. The van der Waals surface area contributed by atoms with E-state index in [0.717, 1.165) is 15.4 Å². The van der Waals surface area contributed by atoms with Gasteiger partial charge in [0.2, 0.25) is 0 Å². The topological polar surface area (TPSA) is 44.1 Å². The summed E-state index contributed by atoms with van der Waals surface area (Å²) in [7, 11) is 0. The SMILES string of the molecule is C=C(C)CN(CC)C(=O)c1ccccc1Sc1ccccc1C#N. The second kappa shape index (κ2) is 8.37. The second-order valence-electron chi connectivity index (χ2n) is 5.48. The summed E-state index contributed by atoms with van der Waals surface area (Å²) in [5, 5.41) is 9.25. The first-order valence-electron chi connectivity index (χ1n) is 7.76. The van der Waals surface area contributed by atoms with E-state index < -0.39 is 0 Å². The summed E-state index contributed by atoms with van der Waals surface area (Å²) in [6.07, 6.45) is 0. The zero-order chi connectivity index (χ0) is 17.5. The van der Waals surface area contributed by atoms with Gasteiger partial charge in [-0.05, 0) is 38.1 Å². The largest absolute Gasteiger partial charge is 0.335 e. The van der Waals surface area contributed by atoms with Crippen LogP contribution < -0.4 is 0 Å². The van der Waals surface area contributed by atoms with Crippen molar-refractivity contribution in [1.29, 1.82) is 5.26 Å². The number of likely N-dealkylation sites (N-methyl/N-ethyl adjacent to an activating group) is 1. The maximum Gasteiger partial charge on any atom is 0.255 e. The van der Waals surface area contributed by atoms with E-state index in [1.807, 2.05) is 56.3 Å². The highest BCUT2D eigenvalue weighted by Gasteiger charge is 2.18. The van der Waals surface area contributed by atoms with Crippen LogP contribution in [0.15, 0.2) is 70.5 Å². The van der Waals surface area contributed by atoms with Crippen LogP contribution in [0.25, 0.3) is 0 Å². The van der Waals surface area contributed by atoms with Crippen LogP contribution in [0.1, 0.15) is 29.8 Å². The average Bonchev–Trinajstić information content (AvgIpc) is 2.60. The maximum absolute atomic E-state index is 12.9. The van der Waals surface area contributed by atoms with Crippen LogP contribution in [0.3, 0.4) is 0 Å². The molecular weight excluding hydrogens is 316 g/mol. The minimum absolute atomic E-state index is 0.0157. The van der Waals surface area contributed by atoms with E-state index in [0.29, 0.717) is 24.2 Å². The van der Waals surface area contributed by atoms with Gasteiger partial charge in [-0.25, -0.2) is 0 Å². The number of rotatable bonds is 6. The lowest BCUT2D eigenvalue weighted by Gasteiger charge is -2.22. The van der Waals surface area contributed by atoms with Crippen molar-refractivity contribution >= 4 is 17.7 Å². The summed E-state index contributed by atoms with van der Waals surface area (Å²) >= 11 is 1.45. The molecule has 1 amide bonds. The molecule has 0 aliphatic carbocycles. The van der Waals surface area contributed by atoms with Gasteiger partial charge in [-0.2, -0.15) is 5.26 Å². The Morgan fingerprint density at radius 1 is 1.17 bits per heavy atom. The number of amides is 1. The first-order chi connectivity index (χ1) is 11.6. The van der Waals surface area contributed by atoms with E-state index in [4.69, 9.17) is 0 Å². The molecule has 0 unspecified atom stereocenters. The minimum atomic E-state index is -0.0157. The molecule has 24 heavy (non-hydrogen) atoms. The van der Waals surface area contributed by atoms with E-state index in [9.17, 15) is 10.1 Å². The first-order valence-corrected chi connectivity index (χ1v) is 8.58. The van der Waals surface area contributed by atoms with Crippen LogP contribution in [0, 0.1) is 11.3 Å². The summed E-state index contributed by atoms with van der Waals surface area (Å²) in [4.78, 5) is 16.4. The molecule has 0 aromatic heterocycles. The molecule has 0 N–H and O–H groups in total. The Morgan fingerprint density at radius 3 is 2.42 bits per heavy atom. The Kier molecular flexibility index (Phi) is 6.22. The van der Waals surface area contributed by atoms with Gasteiger partial charge >= 0.3 is 0 Å². The zero-order valence-electron chi connectivity index (χ0n) is 14.0. The Hall–Kier alpha value is -2.51. The van der Waals surface area contributed by atoms with E-state index >= 15 is 0 Å². The van der Waals surface area contributed by atoms with Gasteiger partial charge in [-0.15, -0.1) is 0 Å². The Bertz CT molecular complexity index is 792. The molecular formula is C20H20N2OS. The number of carbonyl (C=O) groups is 1. The van der Waals surface area contributed by atoms with Gasteiger partial charge in [0.15, 0.2) is 0 Å². The third kappa shape index (κ3) is 4.27. The van der Waals surface area contributed by atoms with Gasteiger partial charge < -0.3 is 4.90 Å². The normalized spacial score (nSPS) is 10.0. The van der Waals surface area contributed by atoms with Gasteiger partial charge in [-0.1, -0.05) is 48.2 Å². The highest BCUT2D eigenvalue weighted by atomic mass is 32.2. The highest BCUT2D eigenvalue weighted by molar-refractivity contribution is 7.99. The van der Waals surface area contributed by atoms with Crippen molar-refractivity contribution in [1.82, 2.24) is 4.90 Å². The highest BCUT2D eigenvalue weighted by Crippen LogP contribution is 2.33. The van der Waals surface area contributed by atoms with E-state index in [2.05, 4.69) is 12.6 Å². The molecule has 3 nitrogen and oxygen atoms in total. The van der Waals surface area contributed by atoms with Gasteiger partial charge in [0, 0.05) is 22.9 Å². The van der Waals surface area contributed by atoms with Crippen LogP contribution in [0.5, 0.6) is 0 Å². The molecule has 0 spiro atoms. The summed E-state index contributed by atoms with van der Waals surface area (Å²) < 4.78 is 0. The van der Waals surface area contributed by atoms with Crippen molar-refractivity contribution in [3.63, 3.8) is 0 Å². The first kappa shape index (κ1) is 17.8. The molecule has 122 valence electrons. The molecule has 0 atom stereocenters. The average molecular weight is 336 g/mol. The molecule has 2 aromatic rings. The van der Waals surface area contributed by atoms with E-state index in [-0.39, 0.29) is 5.91 Å². The number of nitrogens with zero attached hydrogens (tertiary/aromatic N) is 2. The minimum Gasteiger partial charge on any atom is -0.335 e. The van der Waals surface area contributed by atoms with Crippen molar-refractivity contribution in [2.24, 2.45) is 0 Å². The van der Waals surface area contributed by atoms with Crippen LogP contribution in [0.4, 0.5) is 0 Å². The molecule has 0 aliphatic rings. The zero-order valence-corrected chi connectivity index (χ0v) is 14.8. The fraction of sp³-hybridized carbons (Fsp3) is 0.200. The molecule has 4 heteroatoms. The summed E-state index contributed by atoms with van der Waals surface area (Å²) in [5.74, 6) is -0.0157. The van der Waals surface area contributed by atoms with E-state index in [1.165, 1.54) is 11.8 Å². The van der Waals surface area contributed by atoms with Crippen LogP contribution in [-0.4, -0.2) is 23.9 Å². The van der Waals surface area contributed by atoms with Crippen molar-refractivity contribution in [2.45, 2.75) is 23.6 Å². The van der Waals surface area contributed by atoms with Gasteiger partial charge in [-0.3, -0.25) is 4.79 Å². The molecule has 0 saturated heterocycles. The fourth-order valence-corrected chi connectivity index (χ4v) is 3.34. The standard InChI is InChI=1S/C20H20N2OS/c1-4-22(14-15(2)3)20(23)17-10-6-8-12-19(17)24-18-11-7-5-9-16(18)13-21/h5-12H,2,4,14H2,1,3H3.